The number of anilines is 1. The van der Waals surface area contributed by atoms with Crippen molar-refractivity contribution >= 4 is 17.6 Å². The Bertz CT molecular complexity index is 804. The van der Waals surface area contributed by atoms with Crippen LogP contribution in [0.1, 0.15) is 42.3 Å². The number of halogens is 3. The molecule has 0 fully saturated rings. The minimum Gasteiger partial charge on any atom is -0.452 e. The molecule has 0 unspecified atom stereocenters. The van der Waals surface area contributed by atoms with Gasteiger partial charge in [0.2, 0.25) is 0 Å². The van der Waals surface area contributed by atoms with Gasteiger partial charge in [-0.3, -0.25) is 4.79 Å². The van der Waals surface area contributed by atoms with E-state index in [1.165, 1.54) is 0 Å². The van der Waals surface area contributed by atoms with Crippen molar-refractivity contribution in [2.45, 2.75) is 32.4 Å². The number of hydrogen-bond donors (Lipinski definition) is 1. The second-order valence-electron chi connectivity index (χ2n) is 7.03. The maximum atomic E-state index is 12.5. The van der Waals surface area contributed by atoms with Crippen LogP contribution in [0.15, 0.2) is 48.5 Å². The number of hydrogen-bond acceptors (Lipinski definition) is 3. The Balaban J connectivity index is 1.88. The molecule has 0 aliphatic rings. The molecule has 0 saturated heterocycles. The van der Waals surface area contributed by atoms with Gasteiger partial charge in [-0.05, 0) is 47.4 Å². The molecule has 0 bridgehead atoms. The molecule has 2 rings (SSSR count). The number of nitrogens with one attached hydrogen (secondary N) is 1. The Morgan fingerprint density at radius 2 is 1.41 bits per heavy atom. The molecule has 1 N–H and O–H groups in total. The monoisotopic (exact) mass is 379 g/mol. The molecule has 27 heavy (non-hydrogen) atoms. The van der Waals surface area contributed by atoms with Crippen molar-refractivity contribution in [2.24, 2.45) is 0 Å². The summed E-state index contributed by atoms with van der Waals surface area (Å²) in [6, 6.07) is 10.9. The van der Waals surface area contributed by atoms with Crippen LogP contribution in [-0.4, -0.2) is 18.5 Å². The molecule has 2 aromatic carbocycles. The molecule has 2 aromatic rings. The predicted molar refractivity (Wildman–Crippen MR) is 95.5 cm³/mol. The van der Waals surface area contributed by atoms with Crippen molar-refractivity contribution < 1.29 is 27.5 Å². The summed E-state index contributed by atoms with van der Waals surface area (Å²) in [4.78, 5) is 23.8. The Morgan fingerprint density at radius 3 is 1.89 bits per heavy atom. The normalized spacial score (nSPS) is 11.8. The fourth-order valence-corrected chi connectivity index (χ4v) is 2.26. The summed E-state index contributed by atoms with van der Waals surface area (Å²) in [6.07, 6.45) is -4.44. The summed E-state index contributed by atoms with van der Waals surface area (Å²) in [7, 11) is 0. The van der Waals surface area contributed by atoms with Gasteiger partial charge in [0.05, 0.1) is 11.1 Å². The smallest absolute Gasteiger partial charge is 0.416 e. The number of rotatable bonds is 4. The van der Waals surface area contributed by atoms with E-state index in [0.29, 0.717) is 5.56 Å². The van der Waals surface area contributed by atoms with Crippen molar-refractivity contribution in [3.05, 3.63) is 65.2 Å². The van der Waals surface area contributed by atoms with Gasteiger partial charge in [0.25, 0.3) is 5.91 Å². The summed E-state index contributed by atoms with van der Waals surface area (Å²) in [6.45, 7) is 5.60. The van der Waals surface area contributed by atoms with E-state index in [1.807, 2.05) is 32.9 Å². The molecule has 0 spiro atoms. The molecular formula is C20H20F3NO3. The average molecular weight is 379 g/mol. The highest BCUT2D eigenvalue weighted by Crippen LogP contribution is 2.29. The first-order chi connectivity index (χ1) is 12.5. The lowest BCUT2D eigenvalue weighted by molar-refractivity contribution is -0.137. The van der Waals surface area contributed by atoms with Crippen LogP contribution >= 0.6 is 0 Å². The molecule has 7 heteroatoms. The molecule has 0 aliphatic carbocycles. The Kier molecular flexibility index (Phi) is 5.93. The largest absolute Gasteiger partial charge is 0.452 e. The zero-order chi connectivity index (χ0) is 20.2. The van der Waals surface area contributed by atoms with Gasteiger partial charge in [-0.15, -0.1) is 0 Å². The van der Waals surface area contributed by atoms with Crippen LogP contribution in [0, 0.1) is 0 Å². The van der Waals surface area contributed by atoms with E-state index in [2.05, 4.69) is 5.32 Å². The van der Waals surface area contributed by atoms with E-state index in [9.17, 15) is 22.8 Å². The molecule has 4 nitrogen and oxygen atoms in total. The van der Waals surface area contributed by atoms with Gasteiger partial charge in [0.15, 0.2) is 6.61 Å². The number of amides is 1. The summed E-state index contributed by atoms with van der Waals surface area (Å²) >= 11 is 0. The fourth-order valence-electron chi connectivity index (χ4n) is 2.26. The number of esters is 1. The van der Waals surface area contributed by atoms with Crippen LogP contribution in [0.25, 0.3) is 0 Å². The van der Waals surface area contributed by atoms with Crippen molar-refractivity contribution in [2.75, 3.05) is 11.9 Å². The number of ether oxygens (including phenoxy) is 1. The van der Waals surface area contributed by atoms with Gasteiger partial charge in [0.1, 0.15) is 0 Å². The van der Waals surface area contributed by atoms with Crippen molar-refractivity contribution in [1.29, 1.82) is 0 Å². The molecule has 0 atom stereocenters. The number of alkyl halides is 3. The third-order valence-electron chi connectivity index (χ3n) is 3.82. The van der Waals surface area contributed by atoms with E-state index >= 15 is 0 Å². The van der Waals surface area contributed by atoms with E-state index in [1.54, 1.807) is 12.1 Å². The molecule has 0 heterocycles. The van der Waals surface area contributed by atoms with E-state index in [0.717, 1.165) is 29.8 Å². The SMILES string of the molecule is CC(C)(C)c1ccc(C(=O)OCC(=O)Nc2ccc(C(F)(F)F)cc2)cc1. The van der Waals surface area contributed by atoms with Gasteiger partial charge < -0.3 is 10.1 Å². The highest BCUT2D eigenvalue weighted by Gasteiger charge is 2.30. The van der Waals surface area contributed by atoms with Crippen molar-refractivity contribution in [3.8, 4) is 0 Å². The first kappa shape index (κ1) is 20.5. The summed E-state index contributed by atoms with van der Waals surface area (Å²) in [5, 5.41) is 2.37. The van der Waals surface area contributed by atoms with Crippen LogP contribution in [-0.2, 0) is 21.1 Å². The van der Waals surface area contributed by atoms with Gasteiger partial charge in [-0.2, -0.15) is 13.2 Å². The maximum Gasteiger partial charge on any atom is 0.416 e. The molecule has 0 radical (unpaired) electrons. The number of carbonyl (C=O) groups excluding carboxylic acids is 2. The molecule has 144 valence electrons. The summed E-state index contributed by atoms with van der Waals surface area (Å²) in [5.41, 5.74) is 0.679. The lowest BCUT2D eigenvalue weighted by Crippen LogP contribution is -2.21. The lowest BCUT2D eigenvalue weighted by Gasteiger charge is -2.18. The summed E-state index contributed by atoms with van der Waals surface area (Å²) < 4.78 is 42.4. The molecule has 1 amide bonds. The first-order valence-corrected chi connectivity index (χ1v) is 8.21. The summed E-state index contributed by atoms with van der Waals surface area (Å²) in [5.74, 6) is -1.30. The second kappa shape index (κ2) is 7.82. The van der Waals surface area contributed by atoms with E-state index in [4.69, 9.17) is 4.74 Å². The van der Waals surface area contributed by atoms with Crippen LogP contribution in [0.5, 0.6) is 0 Å². The highest BCUT2D eigenvalue weighted by molar-refractivity contribution is 5.95. The molecular weight excluding hydrogens is 359 g/mol. The van der Waals surface area contributed by atoms with Crippen molar-refractivity contribution in [1.82, 2.24) is 0 Å². The number of carbonyl (C=O) groups is 2. The number of benzene rings is 2. The Hall–Kier alpha value is -2.83. The van der Waals surface area contributed by atoms with Crippen LogP contribution in [0.3, 0.4) is 0 Å². The minimum atomic E-state index is -4.44. The first-order valence-electron chi connectivity index (χ1n) is 8.21. The average Bonchev–Trinajstić information content (AvgIpc) is 2.58. The molecule has 0 aromatic heterocycles. The van der Waals surface area contributed by atoms with Crippen molar-refractivity contribution in [3.63, 3.8) is 0 Å². The van der Waals surface area contributed by atoms with Gasteiger partial charge in [0, 0.05) is 5.69 Å². The minimum absolute atomic E-state index is 0.0516. The van der Waals surface area contributed by atoms with E-state index in [-0.39, 0.29) is 11.1 Å². The topological polar surface area (TPSA) is 55.4 Å². The molecule has 0 saturated carbocycles. The van der Waals surface area contributed by atoms with Crippen LogP contribution < -0.4 is 5.32 Å². The quantitative estimate of drug-likeness (QED) is 0.777. The maximum absolute atomic E-state index is 12.5. The van der Waals surface area contributed by atoms with E-state index < -0.39 is 30.2 Å². The van der Waals surface area contributed by atoms with Gasteiger partial charge >= 0.3 is 12.1 Å². The van der Waals surface area contributed by atoms with Crippen LogP contribution in [0.4, 0.5) is 18.9 Å². The lowest BCUT2D eigenvalue weighted by atomic mass is 9.87. The standard InChI is InChI=1S/C20H20F3NO3/c1-19(2,3)14-6-4-13(5-7-14)18(26)27-12-17(25)24-16-10-8-15(9-11-16)20(21,22)23/h4-11H,12H2,1-3H3,(H,24,25). The van der Waals surface area contributed by atoms with Gasteiger partial charge in [-0.1, -0.05) is 32.9 Å². The Labute approximate surface area is 155 Å². The van der Waals surface area contributed by atoms with Gasteiger partial charge in [-0.25, -0.2) is 4.79 Å². The highest BCUT2D eigenvalue weighted by atomic mass is 19.4. The zero-order valence-electron chi connectivity index (χ0n) is 15.2. The van der Waals surface area contributed by atoms with Crippen LogP contribution in [0.2, 0.25) is 0 Å². The third kappa shape index (κ3) is 5.84. The molecule has 0 aliphatic heterocycles. The second-order valence-corrected chi connectivity index (χ2v) is 7.03. The zero-order valence-corrected chi connectivity index (χ0v) is 15.2. The third-order valence-corrected chi connectivity index (χ3v) is 3.82. The predicted octanol–water partition coefficient (Wildman–Crippen LogP) is 4.80. The fraction of sp³-hybridized carbons (Fsp3) is 0.300. The Morgan fingerprint density at radius 1 is 0.889 bits per heavy atom.